The molecule has 10 nitrogen and oxygen atoms in total. The minimum atomic E-state index is -0.712. The van der Waals surface area contributed by atoms with Crippen LogP contribution in [0.5, 0.6) is 17.2 Å². The first kappa shape index (κ1) is 29.4. The zero-order chi connectivity index (χ0) is 28.2. The second-order valence-corrected chi connectivity index (χ2v) is 8.00. The van der Waals surface area contributed by atoms with Crippen molar-refractivity contribution >= 4 is 23.9 Å². The SMILES string of the molecule is C=C(C)C(=O)OCOc1ccc(C(=O)Oc2ccc(COC(=O)C(=C)C)cc2)cc1OCOC(=O)C(=C)C. The number of carbonyl (C=O) groups is 4. The monoisotopic (exact) mass is 524 g/mol. The molecular formula is C28H28O10. The predicted octanol–water partition coefficient (Wildman–Crippen LogP) is 4.44. The fourth-order valence-corrected chi connectivity index (χ4v) is 2.50. The molecule has 2 aromatic carbocycles. The van der Waals surface area contributed by atoms with Crippen LogP contribution in [0, 0.1) is 0 Å². The molecule has 38 heavy (non-hydrogen) atoms. The van der Waals surface area contributed by atoms with Crippen molar-refractivity contribution in [3.63, 3.8) is 0 Å². The summed E-state index contributed by atoms with van der Waals surface area (Å²) in [5.74, 6) is -2.16. The van der Waals surface area contributed by atoms with Crippen LogP contribution in [-0.4, -0.2) is 37.5 Å². The van der Waals surface area contributed by atoms with Crippen LogP contribution in [0.2, 0.25) is 0 Å². The number of esters is 4. The van der Waals surface area contributed by atoms with E-state index in [2.05, 4.69) is 19.7 Å². The lowest BCUT2D eigenvalue weighted by Crippen LogP contribution is -2.14. The Morgan fingerprint density at radius 2 is 1.16 bits per heavy atom. The first-order valence-corrected chi connectivity index (χ1v) is 11.2. The van der Waals surface area contributed by atoms with Gasteiger partial charge in [-0.25, -0.2) is 19.2 Å². The van der Waals surface area contributed by atoms with Crippen LogP contribution in [0.4, 0.5) is 0 Å². The summed E-state index contributed by atoms with van der Waals surface area (Å²) in [6, 6.07) is 10.5. The van der Waals surface area contributed by atoms with E-state index in [0.717, 1.165) is 0 Å². The topological polar surface area (TPSA) is 124 Å². The summed E-state index contributed by atoms with van der Waals surface area (Å²) in [5.41, 5.74) is 1.44. The van der Waals surface area contributed by atoms with Gasteiger partial charge in [0, 0.05) is 16.7 Å². The zero-order valence-corrected chi connectivity index (χ0v) is 21.4. The van der Waals surface area contributed by atoms with Gasteiger partial charge in [0.1, 0.15) is 12.4 Å². The molecule has 10 heteroatoms. The molecule has 2 rings (SSSR count). The highest BCUT2D eigenvalue weighted by Gasteiger charge is 2.16. The molecule has 2 aromatic rings. The van der Waals surface area contributed by atoms with Gasteiger partial charge in [0.25, 0.3) is 0 Å². The van der Waals surface area contributed by atoms with Crippen molar-refractivity contribution in [3.8, 4) is 17.2 Å². The van der Waals surface area contributed by atoms with Gasteiger partial charge in [-0.1, -0.05) is 31.9 Å². The summed E-state index contributed by atoms with van der Waals surface area (Å²) < 4.78 is 31.2. The number of hydrogen-bond donors (Lipinski definition) is 0. The molecule has 0 aliphatic carbocycles. The van der Waals surface area contributed by atoms with Gasteiger partial charge in [0.2, 0.25) is 13.6 Å². The maximum Gasteiger partial charge on any atom is 0.343 e. The maximum atomic E-state index is 12.7. The molecule has 0 aliphatic heterocycles. The van der Waals surface area contributed by atoms with E-state index in [1.165, 1.54) is 32.0 Å². The van der Waals surface area contributed by atoms with Crippen LogP contribution in [0.1, 0.15) is 36.7 Å². The number of hydrogen-bond acceptors (Lipinski definition) is 10. The molecule has 200 valence electrons. The smallest absolute Gasteiger partial charge is 0.343 e. The second-order valence-electron chi connectivity index (χ2n) is 8.00. The summed E-state index contributed by atoms with van der Waals surface area (Å²) >= 11 is 0. The number of ether oxygens (including phenoxy) is 6. The van der Waals surface area contributed by atoms with Gasteiger partial charge in [0.15, 0.2) is 11.5 Å². The van der Waals surface area contributed by atoms with Crippen molar-refractivity contribution in [3.05, 3.63) is 90.0 Å². The molecule has 0 aliphatic rings. The van der Waals surface area contributed by atoms with Crippen molar-refractivity contribution in [1.82, 2.24) is 0 Å². The average Bonchev–Trinajstić information content (AvgIpc) is 2.88. The third-order valence-electron chi connectivity index (χ3n) is 4.54. The molecule has 0 bridgehead atoms. The van der Waals surface area contributed by atoms with Gasteiger partial charge in [-0.2, -0.15) is 0 Å². The fourth-order valence-electron chi connectivity index (χ4n) is 2.50. The normalized spacial score (nSPS) is 9.97. The fraction of sp³-hybridized carbons (Fsp3) is 0.214. The number of rotatable bonds is 13. The zero-order valence-electron chi connectivity index (χ0n) is 21.4. The van der Waals surface area contributed by atoms with Crippen LogP contribution in [0.3, 0.4) is 0 Å². The third kappa shape index (κ3) is 9.30. The van der Waals surface area contributed by atoms with Crippen molar-refractivity contribution < 1.29 is 47.6 Å². The molecule has 0 heterocycles. The highest BCUT2D eigenvalue weighted by atomic mass is 16.7. The lowest BCUT2D eigenvalue weighted by molar-refractivity contribution is -0.147. The summed E-state index contributed by atoms with van der Waals surface area (Å²) in [7, 11) is 0. The molecule has 0 N–H and O–H groups in total. The molecule has 0 unspecified atom stereocenters. The average molecular weight is 525 g/mol. The quantitative estimate of drug-likeness (QED) is 0.122. The molecule has 0 spiro atoms. The Kier molecular flexibility index (Phi) is 10.8. The van der Waals surface area contributed by atoms with Gasteiger partial charge in [-0.05, 0) is 56.7 Å². The molecule has 0 saturated carbocycles. The minimum Gasteiger partial charge on any atom is -0.457 e. The highest BCUT2D eigenvalue weighted by Crippen LogP contribution is 2.29. The van der Waals surface area contributed by atoms with E-state index in [0.29, 0.717) is 5.56 Å². The van der Waals surface area contributed by atoms with Crippen LogP contribution in [0.15, 0.2) is 78.9 Å². The van der Waals surface area contributed by atoms with E-state index < -0.39 is 37.5 Å². The summed E-state index contributed by atoms with van der Waals surface area (Å²) in [6.45, 7) is 14.1. The first-order chi connectivity index (χ1) is 18.0. The van der Waals surface area contributed by atoms with Crippen LogP contribution in [-0.2, 0) is 35.2 Å². The Labute approximate surface area is 220 Å². The first-order valence-electron chi connectivity index (χ1n) is 11.2. The number of benzene rings is 2. The largest absolute Gasteiger partial charge is 0.457 e. The Morgan fingerprint density at radius 3 is 1.68 bits per heavy atom. The Hall–Kier alpha value is -4.86. The van der Waals surface area contributed by atoms with E-state index in [9.17, 15) is 19.2 Å². The van der Waals surface area contributed by atoms with Crippen LogP contribution in [0.25, 0.3) is 0 Å². The highest BCUT2D eigenvalue weighted by molar-refractivity contribution is 5.92. The second kappa shape index (κ2) is 14.0. The van der Waals surface area contributed by atoms with E-state index in [1.807, 2.05) is 0 Å². The van der Waals surface area contributed by atoms with Crippen molar-refractivity contribution in [1.29, 1.82) is 0 Å². The van der Waals surface area contributed by atoms with E-state index >= 15 is 0 Å². The molecule has 0 atom stereocenters. The van der Waals surface area contributed by atoms with Crippen LogP contribution < -0.4 is 14.2 Å². The molecule has 0 saturated heterocycles. The van der Waals surface area contributed by atoms with Gasteiger partial charge >= 0.3 is 23.9 Å². The third-order valence-corrected chi connectivity index (χ3v) is 4.54. The lowest BCUT2D eigenvalue weighted by Gasteiger charge is -2.14. The molecule has 0 aromatic heterocycles. The van der Waals surface area contributed by atoms with E-state index in [-0.39, 0.29) is 46.1 Å². The molecule has 0 amide bonds. The Bertz CT molecular complexity index is 1240. The Morgan fingerprint density at radius 1 is 0.658 bits per heavy atom. The molecule has 0 fully saturated rings. The summed E-state index contributed by atoms with van der Waals surface area (Å²) in [6.07, 6.45) is 0. The number of carbonyl (C=O) groups excluding carboxylic acids is 4. The Balaban J connectivity index is 2.10. The van der Waals surface area contributed by atoms with Crippen molar-refractivity contribution in [2.75, 3.05) is 13.6 Å². The minimum absolute atomic E-state index is 0.0232. The van der Waals surface area contributed by atoms with Gasteiger partial charge < -0.3 is 28.4 Å². The van der Waals surface area contributed by atoms with Crippen LogP contribution >= 0.6 is 0 Å². The van der Waals surface area contributed by atoms with Crippen molar-refractivity contribution in [2.24, 2.45) is 0 Å². The van der Waals surface area contributed by atoms with Gasteiger partial charge in [0.05, 0.1) is 5.56 Å². The predicted molar refractivity (Wildman–Crippen MR) is 135 cm³/mol. The van der Waals surface area contributed by atoms with Gasteiger partial charge in [-0.3, -0.25) is 0 Å². The molecule has 0 radical (unpaired) electrons. The van der Waals surface area contributed by atoms with Gasteiger partial charge in [-0.15, -0.1) is 0 Å². The van der Waals surface area contributed by atoms with Crippen molar-refractivity contribution in [2.45, 2.75) is 27.4 Å². The maximum absolute atomic E-state index is 12.7. The van der Waals surface area contributed by atoms with E-state index in [1.54, 1.807) is 31.2 Å². The lowest BCUT2D eigenvalue weighted by atomic mass is 10.2. The summed E-state index contributed by atoms with van der Waals surface area (Å²) in [4.78, 5) is 47.5. The summed E-state index contributed by atoms with van der Waals surface area (Å²) in [5, 5.41) is 0. The molecular weight excluding hydrogens is 496 g/mol. The van der Waals surface area contributed by atoms with E-state index in [4.69, 9.17) is 28.4 Å². The standard InChI is InChI=1S/C28H28O10/c1-17(2)25(29)33-14-20-7-10-22(11-8-20)38-28(32)21-9-12-23(34-15-36-26(30)18(3)4)24(13-21)35-16-37-27(31)19(5)6/h7-13H,1,3,5,14-16H2,2,4,6H3.